The number of rotatable bonds is 2. The molecule has 68 valence electrons. The smallest absolute Gasteiger partial charge is 0.0834 e. The van der Waals surface area contributed by atoms with E-state index in [1.165, 1.54) is 0 Å². The van der Waals surface area contributed by atoms with E-state index in [2.05, 4.69) is 0 Å². The Morgan fingerprint density at radius 2 is 2.15 bits per heavy atom. The van der Waals surface area contributed by atoms with Gasteiger partial charge in [0, 0.05) is 10.4 Å². The Kier molecular flexibility index (Phi) is 2.05. The Hall–Kier alpha value is -0.600. The Morgan fingerprint density at radius 1 is 1.46 bits per heavy atom. The van der Waals surface area contributed by atoms with Gasteiger partial charge in [0.2, 0.25) is 0 Å². The molecule has 0 bridgehead atoms. The van der Waals surface area contributed by atoms with Crippen LogP contribution in [0.25, 0.3) is 0 Å². The molecule has 0 amide bonds. The Balaban J connectivity index is 2.41. The monoisotopic (exact) mass is 211 g/mol. The molecule has 0 atom stereocenters. The second kappa shape index (κ2) is 2.96. The molecule has 1 aliphatic carbocycles. The lowest BCUT2D eigenvalue weighted by atomic mass is 9.96. The van der Waals surface area contributed by atoms with Gasteiger partial charge in [-0.15, -0.1) is 0 Å². The van der Waals surface area contributed by atoms with E-state index in [1.807, 2.05) is 24.3 Å². The highest BCUT2D eigenvalue weighted by atomic mass is 35.5. The number of hydrogen-bond donors (Lipinski definition) is 1. The molecule has 0 unspecified atom stereocenters. The number of hydrogen-bond acceptors (Lipinski definition) is 1. The molecule has 1 aliphatic rings. The maximum atomic E-state index is 5.90. The van der Waals surface area contributed by atoms with Gasteiger partial charge in [0.05, 0.1) is 4.99 Å². The molecular formula is C10H10ClNS. The maximum absolute atomic E-state index is 5.90. The van der Waals surface area contributed by atoms with Crippen molar-refractivity contribution < 1.29 is 0 Å². The van der Waals surface area contributed by atoms with E-state index in [0.29, 0.717) is 4.99 Å². The number of thiocarbonyl (C=S) groups is 1. The molecule has 1 fully saturated rings. The second-order valence-electron chi connectivity index (χ2n) is 3.46. The summed E-state index contributed by atoms with van der Waals surface area (Å²) in [5.74, 6) is 0. The molecule has 0 aliphatic heterocycles. The third-order valence-electron chi connectivity index (χ3n) is 2.60. The molecule has 0 radical (unpaired) electrons. The minimum Gasteiger partial charge on any atom is -0.393 e. The van der Waals surface area contributed by atoms with Gasteiger partial charge in [-0.25, -0.2) is 0 Å². The quantitative estimate of drug-likeness (QED) is 0.762. The standard InChI is InChI=1S/C10H10ClNS/c11-8-3-1-2-7(6-8)10(4-5-10)9(12)13/h1-3,6H,4-5H2,(H2,12,13). The Morgan fingerprint density at radius 3 is 2.62 bits per heavy atom. The van der Waals surface area contributed by atoms with Gasteiger partial charge in [-0.05, 0) is 30.5 Å². The lowest BCUT2D eigenvalue weighted by Crippen LogP contribution is -2.26. The van der Waals surface area contributed by atoms with Crippen LogP contribution in [-0.2, 0) is 5.41 Å². The molecule has 0 aromatic heterocycles. The van der Waals surface area contributed by atoms with Crippen LogP contribution >= 0.6 is 23.8 Å². The van der Waals surface area contributed by atoms with Gasteiger partial charge in [0.1, 0.15) is 0 Å². The normalized spacial score (nSPS) is 18.2. The van der Waals surface area contributed by atoms with E-state index >= 15 is 0 Å². The van der Waals surface area contributed by atoms with Gasteiger partial charge in [-0.2, -0.15) is 0 Å². The zero-order chi connectivity index (χ0) is 9.47. The van der Waals surface area contributed by atoms with E-state index in [-0.39, 0.29) is 5.41 Å². The molecule has 2 N–H and O–H groups in total. The molecule has 13 heavy (non-hydrogen) atoms. The highest BCUT2D eigenvalue weighted by molar-refractivity contribution is 7.80. The largest absolute Gasteiger partial charge is 0.393 e. The third kappa shape index (κ3) is 1.45. The molecular weight excluding hydrogens is 202 g/mol. The van der Waals surface area contributed by atoms with Crippen LogP contribution in [0.3, 0.4) is 0 Å². The highest BCUT2D eigenvalue weighted by Gasteiger charge is 2.47. The fourth-order valence-electron chi connectivity index (χ4n) is 1.59. The Labute approximate surface area is 87.9 Å². The molecule has 1 aromatic rings. The summed E-state index contributed by atoms with van der Waals surface area (Å²) in [6, 6.07) is 7.79. The lowest BCUT2D eigenvalue weighted by molar-refractivity contribution is 0.955. The van der Waals surface area contributed by atoms with Gasteiger partial charge in [0.15, 0.2) is 0 Å². The van der Waals surface area contributed by atoms with Crippen molar-refractivity contribution in [2.45, 2.75) is 18.3 Å². The maximum Gasteiger partial charge on any atom is 0.0834 e. The van der Waals surface area contributed by atoms with Crippen molar-refractivity contribution >= 4 is 28.8 Å². The van der Waals surface area contributed by atoms with Crippen molar-refractivity contribution in [2.24, 2.45) is 5.73 Å². The van der Waals surface area contributed by atoms with Gasteiger partial charge in [0.25, 0.3) is 0 Å². The molecule has 2 rings (SSSR count). The first kappa shape index (κ1) is 8.97. The molecule has 0 spiro atoms. The van der Waals surface area contributed by atoms with E-state index in [4.69, 9.17) is 29.6 Å². The molecule has 1 aromatic carbocycles. The summed E-state index contributed by atoms with van der Waals surface area (Å²) in [4.78, 5) is 0.592. The zero-order valence-corrected chi connectivity index (χ0v) is 8.66. The highest BCUT2D eigenvalue weighted by Crippen LogP contribution is 2.48. The average molecular weight is 212 g/mol. The SMILES string of the molecule is NC(=S)C1(c2cccc(Cl)c2)CC1. The average Bonchev–Trinajstić information content (AvgIpc) is 2.83. The van der Waals surface area contributed by atoms with Crippen molar-refractivity contribution in [2.75, 3.05) is 0 Å². The second-order valence-corrected chi connectivity index (χ2v) is 4.33. The number of halogens is 1. The first-order chi connectivity index (χ1) is 6.15. The summed E-state index contributed by atoms with van der Waals surface area (Å²) >= 11 is 11.0. The van der Waals surface area contributed by atoms with Gasteiger partial charge >= 0.3 is 0 Å². The van der Waals surface area contributed by atoms with Crippen LogP contribution < -0.4 is 5.73 Å². The van der Waals surface area contributed by atoms with Crippen molar-refractivity contribution in [1.82, 2.24) is 0 Å². The third-order valence-corrected chi connectivity index (χ3v) is 3.22. The molecule has 1 nitrogen and oxygen atoms in total. The fourth-order valence-corrected chi connectivity index (χ4v) is 2.10. The van der Waals surface area contributed by atoms with Gasteiger partial charge in [-0.3, -0.25) is 0 Å². The number of benzene rings is 1. The van der Waals surface area contributed by atoms with Crippen molar-refractivity contribution in [3.8, 4) is 0 Å². The molecule has 0 heterocycles. The minimum atomic E-state index is -0.0414. The summed E-state index contributed by atoms with van der Waals surface area (Å²) in [6.45, 7) is 0. The van der Waals surface area contributed by atoms with Crippen LogP contribution in [0.1, 0.15) is 18.4 Å². The van der Waals surface area contributed by atoms with Crippen LogP contribution in [0.2, 0.25) is 5.02 Å². The molecule has 1 saturated carbocycles. The van der Waals surface area contributed by atoms with Gasteiger partial charge < -0.3 is 5.73 Å². The first-order valence-corrected chi connectivity index (χ1v) is 5.00. The van der Waals surface area contributed by atoms with Crippen LogP contribution in [0.4, 0.5) is 0 Å². The van der Waals surface area contributed by atoms with Crippen LogP contribution in [0, 0.1) is 0 Å². The van der Waals surface area contributed by atoms with Crippen LogP contribution in [0.5, 0.6) is 0 Å². The minimum absolute atomic E-state index is 0.0414. The summed E-state index contributed by atoms with van der Waals surface area (Å²) in [5, 5.41) is 0.750. The number of nitrogens with two attached hydrogens (primary N) is 1. The fraction of sp³-hybridized carbons (Fsp3) is 0.300. The Bertz CT molecular complexity index is 358. The van der Waals surface area contributed by atoms with E-state index in [1.54, 1.807) is 0 Å². The van der Waals surface area contributed by atoms with E-state index in [9.17, 15) is 0 Å². The summed E-state index contributed by atoms with van der Waals surface area (Å²) in [5.41, 5.74) is 6.82. The first-order valence-electron chi connectivity index (χ1n) is 4.21. The van der Waals surface area contributed by atoms with Crippen molar-refractivity contribution in [3.63, 3.8) is 0 Å². The van der Waals surface area contributed by atoms with E-state index in [0.717, 1.165) is 23.4 Å². The zero-order valence-electron chi connectivity index (χ0n) is 7.09. The predicted octanol–water partition coefficient (Wildman–Crippen LogP) is 2.66. The van der Waals surface area contributed by atoms with Crippen molar-refractivity contribution in [3.05, 3.63) is 34.9 Å². The summed E-state index contributed by atoms with van der Waals surface area (Å²) in [6.07, 6.45) is 2.12. The van der Waals surface area contributed by atoms with Crippen LogP contribution in [-0.4, -0.2) is 4.99 Å². The molecule has 3 heteroatoms. The van der Waals surface area contributed by atoms with Gasteiger partial charge in [-0.1, -0.05) is 36.0 Å². The van der Waals surface area contributed by atoms with E-state index < -0.39 is 0 Å². The molecule has 0 saturated heterocycles. The van der Waals surface area contributed by atoms with Crippen LogP contribution in [0.15, 0.2) is 24.3 Å². The van der Waals surface area contributed by atoms with Crippen molar-refractivity contribution in [1.29, 1.82) is 0 Å². The predicted molar refractivity (Wildman–Crippen MR) is 59.1 cm³/mol. The summed E-state index contributed by atoms with van der Waals surface area (Å²) < 4.78 is 0. The summed E-state index contributed by atoms with van der Waals surface area (Å²) in [7, 11) is 0. The lowest BCUT2D eigenvalue weighted by Gasteiger charge is -2.13. The topological polar surface area (TPSA) is 26.0 Å².